The van der Waals surface area contributed by atoms with E-state index >= 15 is 0 Å². The molecule has 2 aromatic carbocycles. The molecule has 0 saturated carbocycles. The Morgan fingerprint density at radius 3 is 2.20 bits per heavy atom. The second-order valence-corrected chi connectivity index (χ2v) is 9.20. The Morgan fingerprint density at radius 1 is 1.03 bits per heavy atom. The highest BCUT2D eigenvalue weighted by atomic mass is 35.5. The number of carbonyl (C=O) groups excluding carboxylic acids is 2. The molecule has 2 aromatic rings. The number of amides is 2. The summed E-state index contributed by atoms with van der Waals surface area (Å²) < 4.78 is 5.59. The molecule has 0 radical (unpaired) electrons. The topological polar surface area (TPSA) is 58.6 Å². The lowest BCUT2D eigenvalue weighted by Gasteiger charge is -2.31. The Hall–Kier alpha value is -1.95. The predicted octanol–water partition coefficient (Wildman–Crippen LogP) is 5.36. The Balaban J connectivity index is 2.21. The largest absolute Gasteiger partial charge is 0.484 e. The van der Waals surface area contributed by atoms with E-state index in [1.165, 1.54) is 4.90 Å². The molecule has 0 aliphatic rings. The second-order valence-electron chi connectivity index (χ2n) is 7.92. The summed E-state index contributed by atoms with van der Waals surface area (Å²) in [7, 11) is 0. The van der Waals surface area contributed by atoms with Gasteiger partial charge in [-0.2, -0.15) is 0 Å². The van der Waals surface area contributed by atoms with Crippen molar-refractivity contribution in [3.05, 3.63) is 63.1 Å². The van der Waals surface area contributed by atoms with Crippen molar-refractivity contribution in [1.29, 1.82) is 0 Å². The van der Waals surface area contributed by atoms with Crippen LogP contribution in [0.3, 0.4) is 0 Å². The SMILES string of the molecule is C[C@@H](C(=O)NC(C)(C)C)N(Cc1ccc(Cl)cc1Cl)C(=O)COc1ccc(Cl)cc1. The van der Waals surface area contributed by atoms with E-state index in [-0.39, 0.29) is 25.0 Å². The van der Waals surface area contributed by atoms with E-state index < -0.39 is 11.6 Å². The zero-order valence-electron chi connectivity index (χ0n) is 17.3. The number of carbonyl (C=O) groups is 2. The normalized spacial score (nSPS) is 12.2. The first-order valence-electron chi connectivity index (χ1n) is 9.40. The third-order valence-electron chi connectivity index (χ3n) is 4.20. The summed E-state index contributed by atoms with van der Waals surface area (Å²) in [5.41, 5.74) is 0.244. The molecule has 30 heavy (non-hydrogen) atoms. The molecule has 2 rings (SSSR count). The fourth-order valence-electron chi connectivity index (χ4n) is 2.65. The minimum atomic E-state index is -0.739. The number of hydrogen-bond acceptors (Lipinski definition) is 3. The van der Waals surface area contributed by atoms with Crippen molar-refractivity contribution in [1.82, 2.24) is 10.2 Å². The number of nitrogens with one attached hydrogen (secondary N) is 1. The maximum absolute atomic E-state index is 13.0. The van der Waals surface area contributed by atoms with Gasteiger partial charge in [0.2, 0.25) is 5.91 Å². The number of nitrogens with zero attached hydrogens (tertiary/aromatic N) is 1. The second kappa shape index (κ2) is 10.4. The van der Waals surface area contributed by atoms with Crippen molar-refractivity contribution in [2.75, 3.05) is 6.61 Å². The van der Waals surface area contributed by atoms with Crippen LogP contribution < -0.4 is 10.1 Å². The number of ether oxygens (including phenoxy) is 1. The van der Waals surface area contributed by atoms with Gasteiger partial charge in [-0.1, -0.05) is 40.9 Å². The highest BCUT2D eigenvalue weighted by Gasteiger charge is 2.29. The van der Waals surface area contributed by atoms with E-state index in [1.807, 2.05) is 20.8 Å². The zero-order valence-corrected chi connectivity index (χ0v) is 19.6. The monoisotopic (exact) mass is 470 g/mol. The van der Waals surface area contributed by atoms with Gasteiger partial charge in [0.05, 0.1) is 0 Å². The van der Waals surface area contributed by atoms with Crippen LogP contribution in [0.1, 0.15) is 33.3 Å². The van der Waals surface area contributed by atoms with Crippen molar-refractivity contribution in [2.45, 2.75) is 45.8 Å². The molecular formula is C22H25Cl3N2O3. The van der Waals surface area contributed by atoms with Crippen LogP contribution >= 0.6 is 34.8 Å². The molecule has 0 aromatic heterocycles. The van der Waals surface area contributed by atoms with Crippen molar-refractivity contribution >= 4 is 46.6 Å². The van der Waals surface area contributed by atoms with Crippen LogP contribution in [0.25, 0.3) is 0 Å². The maximum atomic E-state index is 13.0. The molecule has 0 bridgehead atoms. The third kappa shape index (κ3) is 7.38. The molecule has 0 saturated heterocycles. The van der Waals surface area contributed by atoms with E-state index in [0.717, 1.165) is 0 Å². The van der Waals surface area contributed by atoms with Crippen molar-refractivity contribution in [2.24, 2.45) is 0 Å². The van der Waals surface area contributed by atoms with Gasteiger partial charge in [-0.25, -0.2) is 0 Å². The molecule has 0 heterocycles. The summed E-state index contributed by atoms with van der Waals surface area (Å²) in [5, 5.41) is 4.38. The Bertz CT molecular complexity index is 895. The average Bonchev–Trinajstić information content (AvgIpc) is 2.65. The van der Waals surface area contributed by atoms with Gasteiger partial charge in [-0.15, -0.1) is 0 Å². The van der Waals surface area contributed by atoms with Crippen LogP contribution in [-0.2, 0) is 16.1 Å². The number of hydrogen-bond donors (Lipinski definition) is 1. The number of rotatable bonds is 7. The van der Waals surface area contributed by atoms with Gasteiger partial charge in [0.25, 0.3) is 5.91 Å². The van der Waals surface area contributed by atoms with Gasteiger partial charge in [0.15, 0.2) is 6.61 Å². The smallest absolute Gasteiger partial charge is 0.261 e. The first-order valence-corrected chi connectivity index (χ1v) is 10.5. The van der Waals surface area contributed by atoms with Crippen LogP contribution in [0.5, 0.6) is 5.75 Å². The average molecular weight is 472 g/mol. The van der Waals surface area contributed by atoms with Crippen LogP contribution in [0.4, 0.5) is 0 Å². The molecule has 0 aliphatic carbocycles. The lowest BCUT2D eigenvalue weighted by atomic mass is 10.1. The standard InChI is InChI=1S/C22H25Cl3N2O3/c1-14(21(29)26-22(2,3)4)27(12-15-5-6-17(24)11-19(15)25)20(28)13-30-18-9-7-16(23)8-10-18/h5-11,14H,12-13H2,1-4H3,(H,26,29)/t14-/m0/s1. The fraction of sp³-hybridized carbons (Fsp3) is 0.364. The van der Waals surface area contributed by atoms with Crippen LogP contribution in [0, 0.1) is 0 Å². The maximum Gasteiger partial charge on any atom is 0.261 e. The zero-order chi connectivity index (χ0) is 22.5. The molecular weight excluding hydrogens is 447 g/mol. The van der Waals surface area contributed by atoms with Crippen LogP contribution in [-0.4, -0.2) is 34.9 Å². The highest BCUT2D eigenvalue weighted by Crippen LogP contribution is 2.23. The summed E-state index contributed by atoms with van der Waals surface area (Å²) in [6.45, 7) is 7.21. The van der Waals surface area contributed by atoms with Crippen molar-refractivity contribution in [3.63, 3.8) is 0 Å². The lowest BCUT2D eigenvalue weighted by molar-refractivity contribution is -0.142. The summed E-state index contributed by atoms with van der Waals surface area (Å²) in [4.78, 5) is 27.2. The van der Waals surface area contributed by atoms with Crippen LogP contribution in [0.15, 0.2) is 42.5 Å². The molecule has 1 atom stereocenters. The van der Waals surface area contributed by atoms with E-state index in [9.17, 15) is 9.59 Å². The van der Waals surface area contributed by atoms with Gasteiger partial charge in [0, 0.05) is 27.2 Å². The van der Waals surface area contributed by atoms with Crippen LogP contribution in [0.2, 0.25) is 15.1 Å². The highest BCUT2D eigenvalue weighted by molar-refractivity contribution is 6.35. The minimum Gasteiger partial charge on any atom is -0.484 e. The van der Waals surface area contributed by atoms with E-state index in [0.29, 0.717) is 26.4 Å². The first kappa shape index (κ1) is 24.3. The van der Waals surface area contributed by atoms with Gasteiger partial charge < -0.3 is 15.0 Å². The fourth-order valence-corrected chi connectivity index (χ4v) is 3.24. The van der Waals surface area contributed by atoms with E-state index in [2.05, 4.69) is 5.32 Å². The summed E-state index contributed by atoms with van der Waals surface area (Å²) >= 11 is 18.1. The van der Waals surface area contributed by atoms with Gasteiger partial charge in [-0.05, 0) is 69.7 Å². The lowest BCUT2D eigenvalue weighted by Crippen LogP contribution is -2.53. The predicted molar refractivity (Wildman–Crippen MR) is 121 cm³/mol. The Labute approximate surface area is 192 Å². The minimum absolute atomic E-state index is 0.136. The summed E-state index contributed by atoms with van der Waals surface area (Å²) in [6, 6.07) is 11.0. The molecule has 0 unspecified atom stereocenters. The van der Waals surface area contributed by atoms with Gasteiger partial charge in [0.1, 0.15) is 11.8 Å². The molecule has 162 valence electrons. The van der Waals surface area contributed by atoms with Crippen molar-refractivity contribution in [3.8, 4) is 5.75 Å². The molecule has 8 heteroatoms. The quantitative estimate of drug-likeness (QED) is 0.591. The summed E-state index contributed by atoms with van der Waals surface area (Å²) in [5.74, 6) is -0.121. The molecule has 2 amide bonds. The van der Waals surface area contributed by atoms with E-state index in [1.54, 1.807) is 49.4 Å². The van der Waals surface area contributed by atoms with Gasteiger partial charge in [-0.3, -0.25) is 9.59 Å². The molecule has 0 aliphatic heterocycles. The van der Waals surface area contributed by atoms with Gasteiger partial charge >= 0.3 is 0 Å². The number of benzene rings is 2. The Kier molecular flexibility index (Phi) is 8.42. The number of halogens is 3. The Morgan fingerprint density at radius 2 is 1.63 bits per heavy atom. The summed E-state index contributed by atoms with van der Waals surface area (Å²) in [6.07, 6.45) is 0. The first-order chi connectivity index (χ1) is 14.0. The molecule has 0 spiro atoms. The molecule has 0 fully saturated rings. The van der Waals surface area contributed by atoms with E-state index in [4.69, 9.17) is 39.5 Å². The molecule has 1 N–H and O–H groups in total. The molecule has 5 nitrogen and oxygen atoms in total. The third-order valence-corrected chi connectivity index (χ3v) is 5.04. The van der Waals surface area contributed by atoms with Crippen molar-refractivity contribution < 1.29 is 14.3 Å².